The van der Waals surface area contributed by atoms with Crippen LogP contribution in [0.15, 0.2) is 42.5 Å². The Morgan fingerprint density at radius 2 is 1.74 bits per heavy atom. The number of hydrogen-bond acceptors (Lipinski definition) is 5. The Morgan fingerprint density at radius 1 is 0.963 bits per heavy atom. The SMILES string of the molecule is CC(=O)c1cccc(Nc2nc(C)cc(Nc3ccc(F)c(F)c3F)n2)c1. The van der Waals surface area contributed by atoms with Crippen LogP contribution >= 0.6 is 0 Å². The number of carbonyl (C=O) groups is 1. The van der Waals surface area contributed by atoms with E-state index >= 15 is 0 Å². The predicted octanol–water partition coefficient (Wildman–Crippen LogP) is 4.89. The van der Waals surface area contributed by atoms with Gasteiger partial charge in [-0.3, -0.25) is 4.79 Å². The van der Waals surface area contributed by atoms with E-state index in [1.54, 1.807) is 31.2 Å². The number of carbonyl (C=O) groups excluding carboxylic acids is 1. The monoisotopic (exact) mass is 372 g/mol. The van der Waals surface area contributed by atoms with Gasteiger partial charge in [0.15, 0.2) is 23.2 Å². The Kier molecular flexibility index (Phi) is 5.07. The molecule has 0 spiro atoms. The Labute approximate surface area is 153 Å². The molecule has 1 aromatic heterocycles. The molecule has 0 fully saturated rings. The summed E-state index contributed by atoms with van der Waals surface area (Å²) in [4.78, 5) is 19.9. The number of nitrogens with one attached hydrogen (secondary N) is 2. The molecule has 2 N–H and O–H groups in total. The molecule has 0 bridgehead atoms. The number of nitrogens with zero attached hydrogens (tertiary/aromatic N) is 2. The molecule has 27 heavy (non-hydrogen) atoms. The van der Waals surface area contributed by atoms with Crippen LogP contribution in [0, 0.1) is 24.4 Å². The van der Waals surface area contributed by atoms with E-state index in [9.17, 15) is 18.0 Å². The second kappa shape index (κ2) is 7.45. The molecule has 0 amide bonds. The number of rotatable bonds is 5. The van der Waals surface area contributed by atoms with Crippen molar-refractivity contribution in [1.29, 1.82) is 0 Å². The quantitative estimate of drug-likeness (QED) is 0.493. The number of ketones is 1. The van der Waals surface area contributed by atoms with E-state index in [1.165, 1.54) is 13.0 Å². The summed E-state index contributed by atoms with van der Waals surface area (Å²) >= 11 is 0. The average molecular weight is 372 g/mol. The average Bonchev–Trinajstić information content (AvgIpc) is 2.62. The largest absolute Gasteiger partial charge is 0.338 e. The van der Waals surface area contributed by atoms with E-state index in [0.29, 0.717) is 16.9 Å². The first-order valence-corrected chi connectivity index (χ1v) is 7.97. The first kappa shape index (κ1) is 18.4. The molecule has 2 aromatic carbocycles. The second-order valence-electron chi connectivity index (χ2n) is 5.83. The molecule has 0 aliphatic carbocycles. The van der Waals surface area contributed by atoms with Crippen LogP contribution in [-0.4, -0.2) is 15.8 Å². The van der Waals surface area contributed by atoms with E-state index < -0.39 is 17.5 Å². The zero-order chi connectivity index (χ0) is 19.6. The number of Topliss-reactive ketones (excluding diaryl/α,β-unsaturated/α-hetero) is 1. The number of hydrogen-bond donors (Lipinski definition) is 2. The van der Waals surface area contributed by atoms with Crippen molar-refractivity contribution in [3.05, 3.63) is 71.2 Å². The lowest BCUT2D eigenvalue weighted by Gasteiger charge is -2.11. The predicted molar refractivity (Wildman–Crippen MR) is 96.1 cm³/mol. The summed E-state index contributed by atoms with van der Waals surface area (Å²) in [5.41, 5.74) is 1.42. The van der Waals surface area contributed by atoms with Crippen LogP contribution < -0.4 is 10.6 Å². The van der Waals surface area contributed by atoms with E-state index in [-0.39, 0.29) is 23.2 Å². The van der Waals surface area contributed by atoms with Crippen molar-refractivity contribution < 1.29 is 18.0 Å². The first-order valence-electron chi connectivity index (χ1n) is 7.97. The highest BCUT2D eigenvalue weighted by Gasteiger charge is 2.14. The van der Waals surface area contributed by atoms with Crippen molar-refractivity contribution in [3.8, 4) is 0 Å². The summed E-state index contributed by atoms with van der Waals surface area (Å²) in [5.74, 6) is -3.87. The first-order chi connectivity index (χ1) is 12.8. The molecule has 0 unspecified atom stereocenters. The highest BCUT2D eigenvalue weighted by molar-refractivity contribution is 5.95. The van der Waals surface area contributed by atoms with Gasteiger partial charge in [0.2, 0.25) is 5.95 Å². The molecule has 138 valence electrons. The molecular weight excluding hydrogens is 357 g/mol. The Morgan fingerprint density at radius 3 is 2.48 bits per heavy atom. The number of halogens is 3. The zero-order valence-corrected chi connectivity index (χ0v) is 14.5. The highest BCUT2D eigenvalue weighted by atomic mass is 19.2. The van der Waals surface area contributed by atoms with Crippen LogP contribution in [-0.2, 0) is 0 Å². The van der Waals surface area contributed by atoms with Gasteiger partial charge in [-0.15, -0.1) is 0 Å². The van der Waals surface area contributed by atoms with Gasteiger partial charge in [-0.25, -0.2) is 18.2 Å². The van der Waals surface area contributed by atoms with Gasteiger partial charge < -0.3 is 10.6 Å². The summed E-state index contributed by atoms with van der Waals surface area (Å²) in [6.45, 7) is 3.16. The lowest BCUT2D eigenvalue weighted by atomic mass is 10.1. The summed E-state index contributed by atoms with van der Waals surface area (Å²) in [6, 6.07) is 10.2. The van der Waals surface area contributed by atoms with Gasteiger partial charge in [0.05, 0.1) is 5.69 Å². The molecule has 5 nitrogen and oxygen atoms in total. The van der Waals surface area contributed by atoms with Crippen molar-refractivity contribution >= 4 is 28.9 Å². The van der Waals surface area contributed by atoms with E-state index in [2.05, 4.69) is 20.6 Å². The number of aromatic nitrogens is 2. The molecule has 0 radical (unpaired) electrons. The maximum atomic E-state index is 13.8. The zero-order valence-electron chi connectivity index (χ0n) is 14.5. The van der Waals surface area contributed by atoms with Gasteiger partial charge in [-0.2, -0.15) is 4.98 Å². The lowest BCUT2D eigenvalue weighted by Crippen LogP contribution is -2.05. The Balaban J connectivity index is 1.88. The molecule has 0 saturated heterocycles. The van der Waals surface area contributed by atoms with Crippen LogP contribution in [0.4, 0.5) is 36.3 Å². The highest BCUT2D eigenvalue weighted by Crippen LogP contribution is 2.24. The van der Waals surface area contributed by atoms with Crippen molar-refractivity contribution in [3.63, 3.8) is 0 Å². The third-order valence-corrected chi connectivity index (χ3v) is 3.68. The topological polar surface area (TPSA) is 66.9 Å². The third kappa shape index (κ3) is 4.22. The van der Waals surface area contributed by atoms with E-state index in [0.717, 1.165) is 12.1 Å². The summed E-state index contributed by atoms with van der Waals surface area (Å²) in [7, 11) is 0. The fraction of sp³-hybridized carbons (Fsp3) is 0.105. The second-order valence-corrected chi connectivity index (χ2v) is 5.83. The van der Waals surface area contributed by atoms with Crippen molar-refractivity contribution in [2.45, 2.75) is 13.8 Å². The molecular formula is C19H15F3N4O. The molecule has 0 atom stereocenters. The minimum atomic E-state index is -1.56. The maximum absolute atomic E-state index is 13.8. The third-order valence-electron chi connectivity index (χ3n) is 3.68. The number of aryl methyl sites for hydroxylation is 1. The van der Waals surface area contributed by atoms with Gasteiger partial charge in [0.1, 0.15) is 5.82 Å². The van der Waals surface area contributed by atoms with Crippen LogP contribution in [0.5, 0.6) is 0 Å². The lowest BCUT2D eigenvalue weighted by molar-refractivity contribution is 0.101. The van der Waals surface area contributed by atoms with Crippen LogP contribution in [0.2, 0.25) is 0 Å². The van der Waals surface area contributed by atoms with Crippen LogP contribution in [0.25, 0.3) is 0 Å². The summed E-state index contributed by atoms with van der Waals surface area (Å²) in [6.07, 6.45) is 0. The van der Waals surface area contributed by atoms with Crippen molar-refractivity contribution in [2.24, 2.45) is 0 Å². The van der Waals surface area contributed by atoms with Crippen molar-refractivity contribution in [2.75, 3.05) is 10.6 Å². The molecule has 1 heterocycles. The molecule has 0 aliphatic heterocycles. The van der Waals surface area contributed by atoms with E-state index in [4.69, 9.17) is 0 Å². The molecule has 0 aliphatic rings. The standard InChI is InChI=1S/C19H15F3N4O/c1-10-8-16(25-15-7-6-14(20)17(21)18(15)22)26-19(23-10)24-13-5-3-4-12(9-13)11(2)27/h3-9H,1-2H3,(H2,23,24,25,26). The minimum absolute atomic E-state index is 0.0834. The van der Waals surface area contributed by atoms with Gasteiger partial charge in [-0.1, -0.05) is 12.1 Å². The van der Waals surface area contributed by atoms with Gasteiger partial charge in [0, 0.05) is 23.0 Å². The number of benzene rings is 2. The molecule has 0 saturated carbocycles. The fourth-order valence-electron chi connectivity index (χ4n) is 2.39. The Bertz CT molecular complexity index is 1020. The van der Waals surface area contributed by atoms with Crippen LogP contribution in [0.1, 0.15) is 23.0 Å². The van der Waals surface area contributed by atoms with Gasteiger partial charge in [0.25, 0.3) is 0 Å². The summed E-state index contributed by atoms with van der Waals surface area (Å²) in [5, 5.41) is 5.57. The van der Waals surface area contributed by atoms with E-state index in [1.807, 2.05) is 0 Å². The fourth-order valence-corrected chi connectivity index (χ4v) is 2.39. The number of anilines is 4. The molecule has 8 heteroatoms. The smallest absolute Gasteiger partial charge is 0.229 e. The van der Waals surface area contributed by atoms with Gasteiger partial charge >= 0.3 is 0 Å². The maximum Gasteiger partial charge on any atom is 0.229 e. The Hall–Kier alpha value is -3.42. The van der Waals surface area contributed by atoms with Crippen molar-refractivity contribution in [1.82, 2.24) is 9.97 Å². The normalized spacial score (nSPS) is 10.6. The summed E-state index contributed by atoms with van der Waals surface area (Å²) < 4.78 is 40.3. The molecule has 3 aromatic rings. The molecule has 3 rings (SSSR count). The van der Waals surface area contributed by atoms with Crippen LogP contribution in [0.3, 0.4) is 0 Å². The minimum Gasteiger partial charge on any atom is -0.338 e. The van der Waals surface area contributed by atoms with Gasteiger partial charge in [-0.05, 0) is 38.1 Å².